The molecule has 2 unspecified atom stereocenters. The lowest BCUT2D eigenvalue weighted by molar-refractivity contribution is 0.603. The summed E-state index contributed by atoms with van der Waals surface area (Å²) in [7, 11) is 2.57. The Kier molecular flexibility index (Phi) is 19.7. The molecule has 2 heteroatoms. The predicted octanol–water partition coefficient (Wildman–Crippen LogP) is 7.37. The molecule has 0 aromatic rings. The second-order valence-electron chi connectivity index (χ2n) is 5.74. The second kappa shape index (κ2) is 18.9. The fourth-order valence-corrected chi connectivity index (χ4v) is 5.67. The van der Waals surface area contributed by atoms with Crippen molar-refractivity contribution in [3.8, 4) is 0 Å². The van der Waals surface area contributed by atoms with Gasteiger partial charge in [-0.15, -0.1) is 0 Å². The van der Waals surface area contributed by atoms with Gasteiger partial charge in [-0.25, -0.2) is 0 Å². The lowest BCUT2D eigenvalue weighted by atomic mass is 10.1. The highest BCUT2D eigenvalue weighted by Gasteiger charge is 1.93. The molecule has 0 saturated heterocycles. The minimum Gasteiger partial charge on any atom is -0.0992 e. The zero-order chi connectivity index (χ0) is 14.0. The summed E-state index contributed by atoms with van der Waals surface area (Å²) < 4.78 is 0. The van der Waals surface area contributed by atoms with Crippen LogP contribution in [0.2, 0.25) is 0 Å². The quantitative estimate of drug-likeness (QED) is 0.206. The van der Waals surface area contributed by atoms with Crippen LogP contribution in [-0.2, 0) is 0 Å². The van der Waals surface area contributed by atoms with Gasteiger partial charge in [0.2, 0.25) is 0 Å². The van der Waals surface area contributed by atoms with E-state index in [1.54, 1.807) is 0 Å². The van der Waals surface area contributed by atoms with Crippen molar-refractivity contribution in [3.63, 3.8) is 0 Å². The summed E-state index contributed by atoms with van der Waals surface area (Å²) >= 11 is 0. The largest absolute Gasteiger partial charge is 0.0992 e. The first-order valence-electron chi connectivity index (χ1n) is 8.87. The summed E-state index contributed by atoms with van der Waals surface area (Å²) in [5.41, 5.74) is 0. The number of hydrogen-bond acceptors (Lipinski definition) is 0. The summed E-state index contributed by atoms with van der Waals surface area (Å²) in [5.74, 6) is 0. The third kappa shape index (κ3) is 18.9. The van der Waals surface area contributed by atoms with Gasteiger partial charge in [0.1, 0.15) is 0 Å². The Balaban J connectivity index is 2.88. The minimum absolute atomic E-state index is 1.28. The molecule has 0 nitrogen and oxygen atoms in total. The SMILES string of the molecule is CCCCCCCCCPPCCCCCCCC. The highest BCUT2D eigenvalue weighted by Crippen LogP contribution is 2.38. The van der Waals surface area contributed by atoms with E-state index in [1.165, 1.54) is 112 Å². The summed E-state index contributed by atoms with van der Waals surface area (Å²) in [5, 5.41) is 0. The molecule has 0 spiro atoms. The van der Waals surface area contributed by atoms with Gasteiger partial charge in [0.05, 0.1) is 0 Å². The lowest BCUT2D eigenvalue weighted by Gasteiger charge is -2.03. The van der Waals surface area contributed by atoms with Crippen LogP contribution >= 0.6 is 16.5 Å². The van der Waals surface area contributed by atoms with Crippen molar-refractivity contribution in [1.29, 1.82) is 0 Å². The molecule has 0 saturated carbocycles. The van der Waals surface area contributed by atoms with Gasteiger partial charge in [0.15, 0.2) is 0 Å². The average Bonchev–Trinajstić information content (AvgIpc) is 2.43. The Morgan fingerprint density at radius 3 is 1.11 bits per heavy atom. The molecule has 0 radical (unpaired) electrons. The van der Waals surface area contributed by atoms with E-state index in [9.17, 15) is 0 Å². The van der Waals surface area contributed by atoms with Crippen LogP contribution in [0.5, 0.6) is 0 Å². The van der Waals surface area contributed by atoms with E-state index < -0.39 is 0 Å². The van der Waals surface area contributed by atoms with Crippen molar-refractivity contribution in [2.24, 2.45) is 0 Å². The Bertz CT molecular complexity index is 132. The first-order valence-corrected chi connectivity index (χ1v) is 12.3. The monoisotopic (exact) mass is 304 g/mol. The van der Waals surface area contributed by atoms with Crippen molar-refractivity contribution in [2.75, 3.05) is 12.3 Å². The van der Waals surface area contributed by atoms with Gasteiger partial charge in [-0.05, 0) is 25.2 Å². The molecular weight excluding hydrogens is 266 g/mol. The molecule has 0 rings (SSSR count). The molecule has 19 heavy (non-hydrogen) atoms. The fourth-order valence-electron chi connectivity index (χ4n) is 2.34. The Labute approximate surface area is 126 Å². The van der Waals surface area contributed by atoms with E-state index in [0.717, 1.165) is 0 Å². The van der Waals surface area contributed by atoms with E-state index in [4.69, 9.17) is 0 Å². The first kappa shape index (κ1) is 19.9. The van der Waals surface area contributed by atoms with Crippen molar-refractivity contribution in [2.45, 2.75) is 97.3 Å². The van der Waals surface area contributed by atoms with E-state index in [0.29, 0.717) is 0 Å². The number of hydrogen-bond donors (Lipinski definition) is 0. The summed E-state index contributed by atoms with van der Waals surface area (Å²) in [6.07, 6.45) is 22.1. The van der Waals surface area contributed by atoms with Gasteiger partial charge < -0.3 is 0 Å². The Hall–Kier alpha value is 0.860. The number of unbranched alkanes of at least 4 members (excludes halogenated alkanes) is 11. The van der Waals surface area contributed by atoms with E-state index in [1.807, 2.05) is 0 Å². The molecule has 2 atom stereocenters. The van der Waals surface area contributed by atoms with Gasteiger partial charge in [-0.3, -0.25) is 0 Å². The van der Waals surface area contributed by atoms with Crippen LogP contribution in [0.3, 0.4) is 0 Å². The maximum Gasteiger partial charge on any atom is -0.0317 e. The molecule has 0 aliphatic heterocycles. The molecule has 0 aliphatic rings. The van der Waals surface area contributed by atoms with Crippen molar-refractivity contribution >= 4 is 16.5 Å². The minimum atomic E-state index is 1.28. The predicted molar refractivity (Wildman–Crippen MR) is 97.7 cm³/mol. The normalized spacial score (nSPS) is 12.3. The topological polar surface area (TPSA) is 0 Å². The molecular formula is C17H38P2. The zero-order valence-corrected chi connectivity index (χ0v) is 15.6. The molecule has 0 amide bonds. The fraction of sp³-hybridized carbons (Fsp3) is 1.00. The molecule has 116 valence electrons. The number of rotatable bonds is 16. The molecule has 0 aliphatic carbocycles. The van der Waals surface area contributed by atoms with Gasteiger partial charge in [-0.1, -0.05) is 101 Å². The maximum atomic E-state index is 2.30. The maximum absolute atomic E-state index is 2.30. The van der Waals surface area contributed by atoms with Crippen LogP contribution in [0, 0.1) is 0 Å². The van der Waals surface area contributed by atoms with Crippen molar-refractivity contribution in [3.05, 3.63) is 0 Å². The van der Waals surface area contributed by atoms with Crippen LogP contribution in [0.25, 0.3) is 0 Å². The van der Waals surface area contributed by atoms with Crippen LogP contribution in [0.15, 0.2) is 0 Å². The van der Waals surface area contributed by atoms with E-state index in [-0.39, 0.29) is 0 Å². The highest BCUT2D eigenvalue weighted by molar-refractivity contribution is 8.11. The summed E-state index contributed by atoms with van der Waals surface area (Å²) in [6, 6.07) is 0. The van der Waals surface area contributed by atoms with E-state index >= 15 is 0 Å². The smallest absolute Gasteiger partial charge is 0.0317 e. The third-order valence-electron chi connectivity index (χ3n) is 3.69. The summed E-state index contributed by atoms with van der Waals surface area (Å²) in [6.45, 7) is 4.60. The second-order valence-corrected chi connectivity index (χ2v) is 9.57. The van der Waals surface area contributed by atoms with Gasteiger partial charge in [-0.2, -0.15) is 0 Å². The lowest BCUT2D eigenvalue weighted by Crippen LogP contribution is -1.81. The van der Waals surface area contributed by atoms with Crippen LogP contribution in [0.4, 0.5) is 0 Å². The molecule has 0 bridgehead atoms. The highest BCUT2D eigenvalue weighted by atomic mass is 32.0. The zero-order valence-electron chi connectivity index (χ0n) is 13.6. The first-order chi connectivity index (χ1) is 9.41. The average molecular weight is 304 g/mol. The van der Waals surface area contributed by atoms with Crippen molar-refractivity contribution in [1.82, 2.24) is 0 Å². The van der Waals surface area contributed by atoms with Gasteiger partial charge >= 0.3 is 0 Å². The summed E-state index contributed by atoms with van der Waals surface area (Å²) in [4.78, 5) is 0. The van der Waals surface area contributed by atoms with Crippen LogP contribution in [-0.4, -0.2) is 12.3 Å². The Morgan fingerprint density at radius 2 is 0.737 bits per heavy atom. The molecule has 0 aromatic carbocycles. The van der Waals surface area contributed by atoms with Crippen LogP contribution < -0.4 is 0 Å². The third-order valence-corrected chi connectivity index (χ3v) is 7.39. The molecule has 0 aromatic heterocycles. The Morgan fingerprint density at radius 1 is 0.421 bits per heavy atom. The van der Waals surface area contributed by atoms with Crippen molar-refractivity contribution < 1.29 is 0 Å². The molecule has 0 heterocycles. The van der Waals surface area contributed by atoms with Gasteiger partial charge in [0, 0.05) is 0 Å². The van der Waals surface area contributed by atoms with Gasteiger partial charge in [0.25, 0.3) is 0 Å². The molecule has 0 N–H and O–H groups in total. The standard InChI is InChI=1S/C17H38P2/c1-3-5-7-9-11-13-15-17-19-18-16-14-12-10-8-6-4-2/h18-19H,3-17H2,1-2H3. The van der Waals surface area contributed by atoms with Crippen LogP contribution in [0.1, 0.15) is 97.3 Å². The van der Waals surface area contributed by atoms with E-state index in [2.05, 4.69) is 13.8 Å². The molecule has 0 fully saturated rings.